The minimum atomic E-state index is 0.807. The molecule has 0 saturated heterocycles. The topological polar surface area (TPSA) is 50.7 Å². The molecule has 0 aromatic heterocycles. The molecule has 3 rings (SSSR count). The van der Waals surface area contributed by atoms with Crippen LogP contribution in [0.25, 0.3) is 21.5 Å². The van der Waals surface area contributed by atoms with Crippen LogP contribution in [-0.4, -0.2) is 0 Å². The van der Waals surface area contributed by atoms with E-state index in [-0.39, 0.29) is 0 Å². The lowest BCUT2D eigenvalue weighted by atomic mass is 10.0. The summed E-state index contributed by atoms with van der Waals surface area (Å²) in [5, 5.41) is 12.0. The molecule has 0 spiro atoms. The number of hydrogen-bond acceptors (Lipinski definition) is 2. The molecule has 82 valence electrons. The van der Waals surface area contributed by atoms with Crippen molar-refractivity contribution in [3.8, 4) is 0 Å². The predicted molar refractivity (Wildman–Crippen MR) is 70.2 cm³/mol. The maximum absolute atomic E-state index is 5.15. The van der Waals surface area contributed by atoms with Crippen molar-refractivity contribution in [2.75, 3.05) is 0 Å². The van der Waals surface area contributed by atoms with Crippen molar-refractivity contribution in [1.29, 1.82) is 0 Å². The molecule has 0 fully saturated rings. The molecule has 3 aromatic carbocycles. The number of rotatable bonds is 1. The summed E-state index contributed by atoms with van der Waals surface area (Å²) in [4.78, 5) is 0. The normalized spacial score (nSPS) is 11.5. The van der Waals surface area contributed by atoms with E-state index in [1.807, 2.05) is 36.4 Å². The van der Waals surface area contributed by atoms with Gasteiger partial charge in [-0.05, 0) is 22.2 Å². The van der Waals surface area contributed by atoms with E-state index < -0.39 is 0 Å². The zero-order valence-electron chi connectivity index (χ0n) is 9.17. The van der Waals surface area contributed by atoms with Gasteiger partial charge in [-0.1, -0.05) is 53.8 Å². The second-order valence-corrected chi connectivity index (χ2v) is 3.88. The number of benzene rings is 3. The van der Waals surface area contributed by atoms with E-state index in [1.165, 1.54) is 10.8 Å². The van der Waals surface area contributed by atoms with Crippen LogP contribution in [0.5, 0.6) is 0 Å². The SMILES string of the molecule is NN=Nc1cc2ccccc2c2ccccc12. The largest absolute Gasteiger partial charge is 0.305 e. The van der Waals surface area contributed by atoms with Crippen LogP contribution < -0.4 is 5.84 Å². The quantitative estimate of drug-likeness (QED) is 0.287. The first kappa shape index (κ1) is 9.78. The summed E-state index contributed by atoms with van der Waals surface area (Å²) in [6, 6.07) is 18.4. The molecule has 0 unspecified atom stereocenters. The zero-order valence-corrected chi connectivity index (χ0v) is 9.17. The number of nitrogens with zero attached hydrogens (tertiary/aromatic N) is 2. The van der Waals surface area contributed by atoms with Gasteiger partial charge in [0.15, 0.2) is 0 Å². The van der Waals surface area contributed by atoms with Gasteiger partial charge in [0.2, 0.25) is 0 Å². The molecule has 0 amide bonds. The molecule has 0 aliphatic rings. The summed E-state index contributed by atoms with van der Waals surface area (Å²) in [5.74, 6) is 5.15. The molecule has 0 heterocycles. The Morgan fingerprint density at radius 3 is 2.18 bits per heavy atom. The van der Waals surface area contributed by atoms with Gasteiger partial charge in [0, 0.05) is 5.39 Å². The Labute approximate surface area is 98.6 Å². The maximum Gasteiger partial charge on any atom is 0.0958 e. The lowest BCUT2D eigenvalue weighted by Crippen LogP contribution is -1.80. The molecular weight excluding hydrogens is 210 g/mol. The van der Waals surface area contributed by atoms with Crippen molar-refractivity contribution >= 4 is 27.2 Å². The van der Waals surface area contributed by atoms with Crippen molar-refractivity contribution in [2.24, 2.45) is 16.2 Å². The van der Waals surface area contributed by atoms with Gasteiger partial charge < -0.3 is 5.84 Å². The molecule has 3 aromatic rings. The third-order valence-electron chi connectivity index (χ3n) is 2.91. The molecule has 0 bridgehead atoms. The van der Waals surface area contributed by atoms with Crippen LogP contribution in [0.3, 0.4) is 0 Å². The number of fused-ring (bicyclic) bond motifs is 3. The van der Waals surface area contributed by atoms with Crippen LogP contribution in [0, 0.1) is 0 Å². The zero-order chi connectivity index (χ0) is 11.7. The summed E-state index contributed by atoms with van der Waals surface area (Å²) in [6.07, 6.45) is 0. The predicted octanol–water partition coefficient (Wildman–Crippen LogP) is 3.95. The van der Waals surface area contributed by atoms with Crippen LogP contribution in [0.15, 0.2) is 64.9 Å². The smallest absolute Gasteiger partial charge is 0.0958 e. The number of hydrogen-bond donors (Lipinski definition) is 1. The minimum absolute atomic E-state index is 0.807. The average molecular weight is 221 g/mol. The van der Waals surface area contributed by atoms with Crippen LogP contribution >= 0.6 is 0 Å². The fourth-order valence-corrected chi connectivity index (χ4v) is 2.18. The second-order valence-electron chi connectivity index (χ2n) is 3.88. The fourth-order valence-electron chi connectivity index (χ4n) is 2.18. The van der Waals surface area contributed by atoms with E-state index in [4.69, 9.17) is 5.84 Å². The Hall–Kier alpha value is -2.42. The van der Waals surface area contributed by atoms with Gasteiger partial charge in [0.25, 0.3) is 0 Å². The van der Waals surface area contributed by atoms with Gasteiger partial charge in [0.1, 0.15) is 0 Å². The third-order valence-corrected chi connectivity index (χ3v) is 2.91. The molecule has 0 aliphatic heterocycles. The van der Waals surface area contributed by atoms with Gasteiger partial charge in [-0.3, -0.25) is 0 Å². The van der Waals surface area contributed by atoms with E-state index in [0.717, 1.165) is 16.5 Å². The standard InChI is InChI=1S/C14H11N3/c15-17-16-14-9-10-5-1-2-6-11(10)12-7-3-4-8-13(12)14/h1-9H,(H2,15,16). The van der Waals surface area contributed by atoms with E-state index >= 15 is 0 Å². The molecule has 3 heteroatoms. The first-order valence-corrected chi connectivity index (χ1v) is 5.41. The van der Waals surface area contributed by atoms with E-state index in [2.05, 4.69) is 28.5 Å². The Kier molecular flexibility index (Phi) is 2.22. The summed E-state index contributed by atoms with van der Waals surface area (Å²) >= 11 is 0. The third kappa shape index (κ3) is 1.52. The highest BCUT2D eigenvalue weighted by Crippen LogP contribution is 2.33. The fraction of sp³-hybridized carbons (Fsp3) is 0. The summed E-state index contributed by atoms with van der Waals surface area (Å²) < 4.78 is 0. The van der Waals surface area contributed by atoms with Crippen molar-refractivity contribution in [1.82, 2.24) is 0 Å². The van der Waals surface area contributed by atoms with E-state index in [0.29, 0.717) is 0 Å². The van der Waals surface area contributed by atoms with Crippen LogP contribution in [-0.2, 0) is 0 Å². The lowest BCUT2D eigenvalue weighted by molar-refractivity contribution is 1.07. The second kappa shape index (κ2) is 3.87. The Morgan fingerprint density at radius 1 is 0.765 bits per heavy atom. The van der Waals surface area contributed by atoms with E-state index in [9.17, 15) is 0 Å². The molecule has 3 nitrogen and oxygen atoms in total. The highest BCUT2D eigenvalue weighted by atomic mass is 15.3. The highest BCUT2D eigenvalue weighted by Gasteiger charge is 2.04. The first-order chi connectivity index (χ1) is 8.40. The Bertz CT molecular complexity index is 717. The lowest BCUT2D eigenvalue weighted by Gasteiger charge is -2.05. The average Bonchev–Trinajstić information content (AvgIpc) is 2.39. The van der Waals surface area contributed by atoms with Crippen molar-refractivity contribution in [3.05, 3.63) is 54.6 Å². The summed E-state index contributed by atoms with van der Waals surface area (Å²) in [5.41, 5.74) is 0.807. The Morgan fingerprint density at radius 2 is 1.41 bits per heavy atom. The van der Waals surface area contributed by atoms with Gasteiger partial charge >= 0.3 is 0 Å². The molecule has 17 heavy (non-hydrogen) atoms. The monoisotopic (exact) mass is 221 g/mol. The van der Waals surface area contributed by atoms with Crippen LogP contribution in [0.2, 0.25) is 0 Å². The van der Waals surface area contributed by atoms with Crippen molar-refractivity contribution in [2.45, 2.75) is 0 Å². The molecular formula is C14H11N3. The van der Waals surface area contributed by atoms with Gasteiger partial charge in [-0.25, -0.2) is 0 Å². The highest BCUT2D eigenvalue weighted by molar-refractivity contribution is 6.12. The molecule has 0 saturated carbocycles. The first-order valence-electron chi connectivity index (χ1n) is 5.41. The van der Waals surface area contributed by atoms with Gasteiger partial charge in [-0.2, -0.15) is 0 Å². The van der Waals surface area contributed by atoms with Crippen molar-refractivity contribution < 1.29 is 0 Å². The van der Waals surface area contributed by atoms with Crippen LogP contribution in [0.1, 0.15) is 0 Å². The molecule has 2 N–H and O–H groups in total. The van der Waals surface area contributed by atoms with Crippen LogP contribution in [0.4, 0.5) is 5.69 Å². The maximum atomic E-state index is 5.15. The van der Waals surface area contributed by atoms with Gasteiger partial charge in [-0.15, -0.1) is 5.11 Å². The summed E-state index contributed by atoms with van der Waals surface area (Å²) in [7, 11) is 0. The number of nitrogens with two attached hydrogens (primary N) is 1. The van der Waals surface area contributed by atoms with Gasteiger partial charge in [0.05, 0.1) is 5.69 Å². The molecule has 0 aliphatic carbocycles. The molecule has 0 atom stereocenters. The minimum Gasteiger partial charge on any atom is -0.305 e. The Balaban J connectivity index is 2.54. The summed E-state index contributed by atoms with van der Waals surface area (Å²) in [6.45, 7) is 0. The molecule has 0 radical (unpaired) electrons. The van der Waals surface area contributed by atoms with Crippen molar-refractivity contribution in [3.63, 3.8) is 0 Å². The van der Waals surface area contributed by atoms with E-state index in [1.54, 1.807) is 0 Å².